The molecule has 0 saturated carbocycles. The summed E-state index contributed by atoms with van der Waals surface area (Å²) in [4.78, 5) is 10.6. The summed E-state index contributed by atoms with van der Waals surface area (Å²) in [7, 11) is 0. The molecule has 0 radical (unpaired) electrons. The summed E-state index contributed by atoms with van der Waals surface area (Å²) in [5.74, 6) is -0.00478. The number of carboxylic acids is 1. The Morgan fingerprint density at radius 3 is 2.90 bits per heavy atom. The summed E-state index contributed by atoms with van der Waals surface area (Å²) in [6.07, 6.45) is 4.52. The van der Waals surface area contributed by atoms with Gasteiger partial charge in [-0.15, -0.1) is 0 Å². The molecule has 0 aliphatic carbocycles. The van der Waals surface area contributed by atoms with Gasteiger partial charge in [0.15, 0.2) is 0 Å². The van der Waals surface area contributed by atoms with Crippen molar-refractivity contribution in [3.8, 4) is 5.75 Å². The zero-order chi connectivity index (χ0) is 14.4. The van der Waals surface area contributed by atoms with E-state index in [-0.39, 0.29) is 0 Å². The average molecular weight is 297 g/mol. The largest absolute Gasteiger partial charge is 0.491 e. The first-order valence-electron chi connectivity index (χ1n) is 6.57. The number of carbonyl (C=O) groups is 1. The van der Waals surface area contributed by atoms with E-state index in [0.29, 0.717) is 28.9 Å². The molecular weight excluding hydrogens is 280 g/mol. The number of ether oxygens (including phenoxy) is 2. The fourth-order valence-corrected chi connectivity index (χ4v) is 2.32. The first-order valence-corrected chi connectivity index (χ1v) is 6.94. The minimum absolute atomic E-state index is 0.455. The van der Waals surface area contributed by atoms with Crippen LogP contribution in [0.25, 0.3) is 6.08 Å². The molecular formula is C15H17ClO4. The lowest BCUT2D eigenvalue weighted by Gasteiger charge is -2.22. The van der Waals surface area contributed by atoms with E-state index in [9.17, 15) is 4.79 Å². The molecule has 0 amide bonds. The Hall–Kier alpha value is -1.52. The Labute approximate surface area is 123 Å². The number of rotatable bonds is 5. The van der Waals surface area contributed by atoms with Gasteiger partial charge in [-0.1, -0.05) is 23.7 Å². The smallest absolute Gasteiger partial charge is 0.328 e. The zero-order valence-electron chi connectivity index (χ0n) is 11.0. The maximum atomic E-state index is 10.6. The number of halogens is 1. The van der Waals surface area contributed by atoms with Crippen LogP contribution in [0.3, 0.4) is 0 Å². The Bertz CT molecular complexity index is 493. The standard InChI is InChI=1S/C15H17ClO4/c16-13-3-1-2-12(4-5-14(17)18)15(13)20-10-11-6-8-19-9-7-11/h1-5,11H,6-10H2,(H,17,18)/b5-4+. The van der Waals surface area contributed by atoms with E-state index < -0.39 is 5.97 Å². The van der Waals surface area contributed by atoms with Crippen LogP contribution >= 0.6 is 11.6 Å². The molecule has 5 heteroatoms. The first kappa shape index (κ1) is 14.9. The van der Waals surface area contributed by atoms with Crippen molar-refractivity contribution >= 4 is 23.6 Å². The van der Waals surface area contributed by atoms with E-state index in [0.717, 1.165) is 32.1 Å². The van der Waals surface area contributed by atoms with Crippen LogP contribution in [0.15, 0.2) is 24.3 Å². The fraction of sp³-hybridized carbons (Fsp3) is 0.400. The van der Waals surface area contributed by atoms with Crippen LogP contribution in [-0.4, -0.2) is 30.9 Å². The molecule has 1 aromatic carbocycles. The van der Waals surface area contributed by atoms with Crippen molar-refractivity contribution in [2.75, 3.05) is 19.8 Å². The van der Waals surface area contributed by atoms with Gasteiger partial charge in [0, 0.05) is 24.9 Å². The molecule has 1 aromatic rings. The van der Waals surface area contributed by atoms with Crippen molar-refractivity contribution in [3.63, 3.8) is 0 Å². The molecule has 1 aliphatic heterocycles. The van der Waals surface area contributed by atoms with Gasteiger partial charge >= 0.3 is 5.97 Å². The zero-order valence-corrected chi connectivity index (χ0v) is 11.8. The van der Waals surface area contributed by atoms with Gasteiger partial charge in [-0.25, -0.2) is 4.79 Å². The minimum atomic E-state index is -1.000. The first-order chi connectivity index (χ1) is 9.66. The van der Waals surface area contributed by atoms with Crippen molar-refractivity contribution < 1.29 is 19.4 Å². The second-order valence-electron chi connectivity index (χ2n) is 4.70. The number of aliphatic carboxylic acids is 1. The SMILES string of the molecule is O=C(O)/C=C/c1cccc(Cl)c1OCC1CCOCC1. The van der Waals surface area contributed by atoms with E-state index in [2.05, 4.69) is 0 Å². The highest BCUT2D eigenvalue weighted by Gasteiger charge is 2.16. The van der Waals surface area contributed by atoms with Crippen molar-refractivity contribution in [2.45, 2.75) is 12.8 Å². The van der Waals surface area contributed by atoms with Gasteiger partial charge in [-0.05, 0) is 30.9 Å². The monoisotopic (exact) mass is 296 g/mol. The number of para-hydroxylation sites is 1. The topological polar surface area (TPSA) is 55.8 Å². The molecule has 108 valence electrons. The van der Waals surface area contributed by atoms with Gasteiger partial charge in [0.05, 0.1) is 11.6 Å². The van der Waals surface area contributed by atoms with Gasteiger partial charge in [0.25, 0.3) is 0 Å². The number of hydrogen-bond donors (Lipinski definition) is 1. The van der Waals surface area contributed by atoms with E-state index >= 15 is 0 Å². The van der Waals surface area contributed by atoms with Gasteiger partial charge in [0.1, 0.15) is 5.75 Å². The summed E-state index contributed by atoms with van der Waals surface area (Å²) in [5, 5.41) is 9.18. The maximum absolute atomic E-state index is 10.6. The van der Waals surface area contributed by atoms with Crippen molar-refractivity contribution in [1.29, 1.82) is 0 Å². The minimum Gasteiger partial charge on any atom is -0.491 e. The van der Waals surface area contributed by atoms with Gasteiger partial charge in [0.2, 0.25) is 0 Å². The van der Waals surface area contributed by atoms with E-state index in [1.54, 1.807) is 18.2 Å². The average Bonchev–Trinajstić information content (AvgIpc) is 2.45. The predicted octanol–water partition coefficient (Wildman–Crippen LogP) is 3.24. The Balaban J connectivity index is 2.06. The number of carboxylic acid groups (broad SMARTS) is 1. The summed E-state index contributed by atoms with van der Waals surface area (Å²) in [5.41, 5.74) is 0.673. The third-order valence-corrected chi connectivity index (χ3v) is 3.50. The summed E-state index contributed by atoms with van der Waals surface area (Å²) in [6, 6.07) is 5.29. The highest BCUT2D eigenvalue weighted by Crippen LogP contribution is 2.30. The maximum Gasteiger partial charge on any atom is 0.328 e. The molecule has 1 aliphatic rings. The Morgan fingerprint density at radius 1 is 1.45 bits per heavy atom. The molecule has 1 fully saturated rings. The highest BCUT2D eigenvalue weighted by atomic mass is 35.5. The van der Waals surface area contributed by atoms with Crippen LogP contribution in [0.1, 0.15) is 18.4 Å². The molecule has 1 N–H and O–H groups in total. The third kappa shape index (κ3) is 4.25. The van der Waals surface area contributed by atoms with E-state index in [1.165, 1.54) is 6.08 Å². The van der Waals surface area contributed by atoms with Gasteiger partial charge in [-0.2, -0.15) is 0 Å². The molecule has 0 atom stereocenters. The molecule has 0 unspecified atom stereocenters. The molecule has 1 saturated heterocycles. The number of benzene rings is 1. The van der Waals surface area contributed by atoms with Crippen molar-refractivity contribution in [3.05, 3.63) is 34.9 Å². The second kappa shape index (κ2) is 7.31. The molecule has 2 rings (SSSR count). The Morgan fingerprint density at radius 2 is 2.20 bits per heavy atom. The van der Waals surface area contributed by atoms with Gasteiger partial charge < -0.3 is 14.6 Å². The lowest BCUT2D eigenvalue weighted by Crippen LogP contribution is -2.21. The fourth-order valence-electron chi connectivity index (χ4n) is 2.08. The molecule has 0 aromatic heterocycles. The number of hydrogen-bond acceptors (Lipinski definition) is 3. The lowest BCUT2D eigenvalue weighted by molar-refractivity contribution is -0.131. The quantitative estimate of drug-likeness (QED) is 0.848. The van der Waals surface area contributed by atoms with Crippen LogP contribution in [0.2, 0.25) is 5.02 Å². The molecule has 0 bridgehead atoms. The molecule has 4 nitrogen and oxygen atoms in total. The summed E-state index contributed by atoms with van der Waals surface area (Å²) in [6.45, 7) is 2.10. The summed E-state index contributed by atoms with van der Waals surface area (Å²) < 4.78 is 11.1. The normalized spacial score (nSPS) is 16.4. The van der Waals surface area contributed by atoms with Crippen LogP contribution < -0.4 is 4.74 Å². The summed E-state index contributed by atoms with van der Waals surface area (Å²) >= 11 is 6.13. The van der Waals surface area contributed by atoms with Crippen LogP contribution in [0.4, 0.5) is 0 Å². The Kier molecular flexibility index (Phi) is 5.44. The van der Waals surface area contributed by atoms with Crippen molar-refractivity contribution in [2.24, 2.45) is 5.92 Å². The van der Waals surface area contributed by atoms with Gasteiger partial charge in [-0.3, -0.25) is 0 Å². The van der Waals surface area contributed by atoms with Crippen LogP contribution in [-0.2, 0) is 9.53 Å². The second-order valence-corrected chi connectivity index (χ2v) is 5.10. The van der Waals surface area contributed by atoms with E-state index in [1.807, 2.05) is 0 Å². The van der Waals surface area contributed by atoms with Crippen LogP contribution in [0, 0.1) is 5.92 Å². The van der Waals surface area contributed by atoms with Crippen LogP contribution in [0.5, 0.6) is 5.75 Å². The molecule has 1 heterocycles. The third-order valence-electron chi connectivity index (χ3n) is 3.21. The molecule has 20 heavy (non-hydrogen) atoms. The van der Waals surface area contributed by atoms with E-state index in [4.69, 9.17) is 26.2 Å². The van der Waals surface area contributed by atoms with Crippen molar-refractivity contribution in [1.82, 2.24) is 0 Å². The molecule has 0 spiro atoms. The predicted molar refractivity (Wildman–Crippen MR) is 77.2 cm³/mol. The highest BCUT2D eigenvalue weighted by molar-refractivity contribution is 6.32. The lowest BCUT2D eigenvalue weighted by atomic mass is 10.0.